The molecule has 0 fully saturated rings. The lowest BCUT2D eigenvalue weighted by Crippen LogP contribution is -2.22. The van der Waals surface area contributed by atoms with E-state index in [1.807, 2.05) is 6.08 Å². The third kappa shape index (κ3) is 7.55. The first-order chi connectivity index (χ1) is 5.81. The molecule has 0 aliphatic rings. The van der Waals surface area contributed by atoms with Crippen molar-refractivity contribution in [2.45, 2.75) is 32.2 Å². The van der Waals surface area contributed by atoms with E-state index in [0.29, 0.717) is 0 Å². The molecule has 0 saturated heterocycles. The van der Waals surface area contributed by atoms with Crippen LogP contribution >= 0.6 is 0 Å². The molecule has 0 spiro atoms. The van der Waals surface area contributed by atoms with Crippen molar-refractivity contribution in [2.75, 3.05) is 13.1 Å². The smallest absolute Gasteiger partial charge is 0.00799 e. The molecule has 0 saturated carbocycles. The summed E-state index contributed by atoms with van der Waals surface area (Å²) in [4.78, 5) is 0. The van der Waals surface area contributed by atoms with Gasteiger partial charge in [-0.05, 0) is 38.4 Å². The monoisotopic (exact) mass is 168 g/mol. The summed E-state index contributed by atoms with van der Waals surface area (Å²) in [6, 6.07) is 0.276. The average Bonchev–Trinajstić information content (AvgIpc) is 2.09. The second kappa shape index (κ2) is 8.54. The van der Waals surface area contributed by atoms with E-state index in [0.717, 1.165) is 32.4 Å². The summed E-state index contributed by atoms with van der Waals surface area (Å²) in [7, 11) is 0. The quantitative estimate of drug-likeness (QED) is 0.446. The van der Waals surface area contributed by atoms with Crippen LogP contribution in [0.3, 0.4) is 0 Å². The molecule has 0 bridgehead atoms. The lowest BCUT2D eigenvalue weighted by molar-refractivity contribution is 0.560. The van der Waals surface area contributed by atoms with Crippen molar-refractivity contribution in [3.63, 3.8) is 0 Å². The van der Waals surface area contributed by atoms with Gasteiger partial charge in [0.2, 0.25) is 0 Å². The van der Waals surface area contributed by atoms with Crippen molar-refractivity contribution in [3.05, 3.63) is 18.4 Å². The average molecular weight is 168 g/mol. The third-order valence-corrected chi connectivity index (χ3v) is 1.74. The number of hydrogen-bond donors (Lipinski definition) is 2. The Hall–Kier alpha value is -0.560. The SMILES string of the molecule is C=C=CCC(N)CCCNCC. The van der Waals surface area contributed by atoms with Crippen LogP contribution in [0.5, 0.6) is 0 Å². The van der Waals surface area contributed by atoms with Crippen molar-refractivity contribution < 1.29 is 0 Å². The van der Waals surface area contributed by atoms with Gasteiger partial charge in [-0.25, -0.2) is 0 Å². The molecule has 0 aromatic carbocycles. The predicted octanol–water partition coefficient (Wildman–Crippen LogP) is 1.43. The first-order valence-corrected chi connectivity index (χ1v) is 4.61. The zero-order valence-electron chi connectivity index (χ0n) is 7.97. The zero-order valence-corrected chi connectivity index (χ0v) is 7.97. The van der Waals surface area contributed by atoms with Crippen LogP contribution in [0.4, 0.5) is 0 Å². The van der Waals surface area contributed by atoms with E-state index in [9.17, 15) is 0 Å². The van der Waals surface area contributed by atoms with Crippen molar-refractivity contribution in [1.82, 2.24) is 5.32 Å². The van der Waals surface area contributed by atoms with Gasteiger partial charge in [-0.15, -0.1) is 5.73 Å². The molecule has 0 radical (unpaired) electrons. The van der Waals surface area contributed by atoms with E-state index in [2.05, 4.69) is 24.6 Å². The highest BCUT2D eigenvalue weighted by Crippen LogP contribution is 1.98. The molecule has 0 rings (SSSR count). The number of hydrogen-bond acceptors (Lipinski definition) is 2. The topological polar surface area (TPSA) is 38.0 Å². The van der Waals surface area contributed by atoms with Crippen LogP contribution in [-0.2, 0) is 0 Å². The van der Waals surface area contributed by atoms with Gasteiger partial charge in [0.05, 0.1) is 0 Å². The fourth-order valence-corrected chi connectivity index (χ4v) is 1.02. The molecule has 0 amide bonds. The van der Waals surface area contributed by atoms with Gasteiger partial charge in [0.15, 0.2) is 0 Å². The van der Waals surface area contributed by atoms with Crippen LogP contribution in [0.25, 0.3) is 0 Å². The lowest BCUT2D eigenvalue weighted by Gasteiger charge is -2.07. The minimum Gasteiger partial charge on any atom is -0.327 e. The minimum absolute atomic E-state index is 0.276. The summed E-state index contributed by atoms with van der Waals surface area (Å²) < 4.78 is 0. The van der Waals surface area contributed by atoms with Crippen LogP contribution < -0.4 is 11.1 Å². The Balaban J connectivity index is 3.18. The van der Waals surface area contributed by atoms with E-state index in [-0.39, 0.29) is 6.04 Å². The van der Waals surface area contributed by atoms with Gasteiger partial charge in [0, 0.05) is 6.04 Å². The molecule has 70 valence electrons. The van der Waals surface area contributed by atoms with E-state index in [1.54, 1.807) is 0 Å². The van der Waals surface area contributed by atoms with Gasteiger partial charge in [-0.2, -0.15) is 0 Å². The summed E-state index contributed by atoms with van der Waals surface area (Å²) in [6.07, 6.45) is 5.03. The van der Waals surface area contributed by atoms with Gasteiger partial charge in [0.1, 0.15) is 0 Å². The maximum atomic E-state index is 5.82. The minimum atomic E-state index is 0.276. The first kappa shape index (κ1) is 11.4. The van der Waals surface area contributed by atoms with Crippen LogP contribution in [0.2, 0.25) is 0 Å². The predicted molar refractivity (Wildman–Crippen MR) is 54.1 cm³/mol. The maximum Gasteiger partial charge on any atom is 0.00799 e. The van der Waals surface area contributed by atoms with E-state index in [1.165, 1.54) is 0 Å². The molecule has 3 N–H and O–H groups in total. The van der Waals surface area contributed by atoms with Gasteiger partial charge in [-0.3, -0.25) is 0 Å². The summed E-state index contributed by atoms with van der Waals surface area (Å²) in [5.41, 5.74) is 8.54. The highest BCUT2D eigenvalue weighted by atomic mass is 14.8. The normalized spacial score (nSPS) is 12.2. The molecule has 1 unspecified atom stereocenters. The van der Waals surface area contributed by atoms with Gasteiger partial charge in [0.25, 0.3) is 0 Å². The molecule has 0 aliphatic carbocycles. The Morgan fingerprint density at radius 1 is 1.67 bits per heavy atom. The Morgan fingerprint density at radius 2 is 2.42 bits per heavy atom. The highest BCUT2D eigenvalue weighted by molar-refractivity contribution is 4.80. The van der Waals surface area contributed by atoms with Gasteiger partial charge >= 0.3 is 0 Å². The van der Waals surface area contributed by atoms with Crippen molar-refractivity contribution in [2.24, 2.45) is 5.73 Å². The molecule has 12 heavy (non-hydrogen) atoms. The molecule has 0 aliphatic heterocycles. The van der Waals surface area contributed by atoms with Crippen LogP contribution in [0.15, 0.2) is 18.4 Å². The van der Waals surface area contributed by atoms with Crippen LogP contribution in [0.1, 0.15) is 26.2 Å². The Bertz CT molecular complexity index is 137. The van der Waals surface area contributed by atoms with Gasteiger partial charge in [-0.1, -0.05) is 13.5 Å². The number of nitrogens with one attached hydrogen (secondary N) is 1. The van der Waals surface area contributed by atoms with Crippen LogP contribution in [-0.4, -0.2) is 19.1 Å². The summed E-state index contributed by atoms with van der Waals surface area (Å²) in [5.74, 6) is 0. The fraction of sp³-hybridized carbons (Fsp3) is 0.700. The fourth-order valence-electron chi connectivity index (χ4n) is 1.02. The molecule has 1 atom stereocenters. The zero-order chi connectivity index (χ0) is 9.23. The number of nitrogens with two attached hydrogens (primary N) is 1. The standard InChI is InChI=1S/C10H20N2/c1-3-5-7-10(11)8-6-9-12-4-2/h5,10,12H,1,4,6-9,11H2,2H3. The molecule has 0 aromatic rings. The summed E-state index contributed by atoms with van der Waals surface area (Å²) in [5, 5.41) is 3.27. The van der Waals surface area contributed by atoms with E-state index in [4.69, 9.17) is 5.73 Å². The molecular formula is C10H20N2. The highest BCUT2D eigenvalue weighted by Gasteiger charge is 1.98. The van der Waals surface area contributed by atoms with E-state index < -0.39 is 0 Å². The molecular weight excluding hydrogens is 148 g/mol. The first-order valence-electron chi connectivity index (χ1n) is 4.61. The third-order valence-electron chi connectivity index (χ3n) is 1.74. The molecule has 2 heteroatoms. The number of rotatable bonds is 7. The lowest BCUT2D eigenvalue weighted by atomic mass is 10.1. The molecule has 0 heterocycles. The summed E-state index contributed by atoms with van der Waals surface area (Å²) in [6.45, 7) is 7.72. The Morgan fingerprint density at radius 3 is 3.00 bits per heavy atom. The second-order valence-corrected chi connectivity index (χ2v) is 2.90. The van der Waals surface area contributed by atoms with Crippen molar-refractivity contribution >= 4 is 0 Å². The summed E-state index contributed by atoms with van der Waals surface area (Å²) >= 11 is 0. The Labute approximate surface area is 75.5 Å². The van der Waals surface area contributed by atoms with Crippen molar-refractivity contribution in [1.29, 1.82) is 0 Å². The van der Waals surface area contributed by atoms with Gasteiger partial charge < -0.3 is 11.1 Å². The maximum absolute atomic E-state index is 5.82. The molecule has 2 nitrogen and oxygen atoms in total. The Kier molecular flexibility index (Phi) is 8.14. The van der Waals surface area contributed by atoms with E-state index >= 15 is 0 Å². The van der Waals surface area contributed by atoms with Crippen molar-refractivity contribution in [3.8, 4) is 0 Å². The molecule has 0 aromatic heterocycles. The van der Waals surface area contributed by atoms with Crippen LogP contribution in [0, 0.1) is 0 Å². The second-order valence-electron chi connectivity index (χ2n) is 2.90. The largest absolute Gasteiger partial charge is 0.327 e.